The maximum Gasteiger partial charge on any atom is 0.326 e. The van der Waals surface area contributed by atoms with Gasteiger partial charge in [-0.25, -0.2) is 9.78 Å². The van der Waals surface area contributed by atoms with Gasteiger partial charge in [-0.05, 0) is 42.4 Å². The van der Waals surface area contributed by atoms with Crippen LogP contribution in [0, 0.1) is 11.8 Å². The number of nitrogens with two attached hydrogens (primary N) is 3. The second kappa shape index (κ2) is 23.0. The van der Waals surface area contributed by atoms with Gasteiger partial charge in [0.15, 0.2) is 5.96 Å². The fourth-order valence-electron chi connectivity index (χ4n) is 5.49. The summed E-state index contributed by atoms with van der Waals surface area (Å²) >= 11 is 0. The van der Waals surface area contributed by atoms with E-state index in [1.54, 1.807) is 27.7 Å². The number of carbonyl (C=O) groups is 7. The number of aliphatic carboxylic acids is 2. The summed E-state index contributed by atoms with van der Waals surface area (Å²) in [5, 5.41) is 41.6. The van der Waals surface area contributed by atoms with E-state index in [-0.39, 0.29) is 43.9 Å². The molecule has 0 aliphatic rings. The Morgan fingerprint density at radius 2 is 1.37 bits per heavy atom. The molecule has 1 aromatic heterocycles. The van der Waals surface area contributed by atoms with E-state index >= 15 is 0 Å². The monoisotopic (exact) mass is 801 g/mol. The molecule has 0 saturated heterocycles. The molecule has 1 heterocycles. The Balaban J connectivity index is 2.38. The molecule has 314 valence electrons. The summed E-state index contributed by atoms with van der Waals surface area (Å²) in [6, 6.07) is -2.20. The van der Waals surface area contributed by atoms with E-state index in [0.29, 0.717) is 17.7 Å². The maximum atomic E-state index is 14.0. The number of aromatic hydroxyl groups is 1. The summed E-state index contributed by atoms with van der Waals surface area (Å²) in [6.45, 7) is 6.80. The van der Waals surface area contributed by atoms with Crippen LogP contribution >= 0.6 is 0 Å². The molecule has 15 N–H and O–H groups in total. The van der Waals surface area contributed by atoms with Crippen molar-refractivity contribution >= 4 is 47.4 Å². The van der Waals surface area contributed by atoms with Crippen molar-refractivity contribution in [1.29, 1.82) is 0 Å². The predicted octanol–water partition coefficient (Wildman–Crippen LogP) is -2.03. The van der Waals surface area contributed by atoms with Gasteiger partial charge in [0, 0.05) is 31.3 Å². The number of aromatic nitrogens is 2. The highest BCUT2D eigenvalue weighted by Crippen LogP contribution is 2.15. The van der Waals surface area contributed by atoms with Crippen LogP contribution in [0.2, 0.25) is 0 Å². The normalized spacial score (nSPS) is 14.7. The zero-order valence-electron chi connectivity index (χ0n) is 32.4. The second-order valence-electron chi connectivity index (χ2n) is 13.9. The molecular weight excluding hydrogens is 746 g/mol. The molecular formula is C36H55N11O10. The maximum absolute atomic E-state index is 14.0. The average Bonchev–Trinajstić information content (AvgIpc) is 3.66. The first kappa shape index (κ1) is 46.9. The molecule has 0 saturated carbocycles. The van der Waals surface area contributed by atoms with Crippen LogP contribution in [-0.2, 0) is 46.4 Å². The minimum Gasteiger partial charge on any atom is -0.508 e. The molecule has 57 heavy (non-hydrogen) atoms. The smallest absolute Gasteiger partial charge is 0.326 e. The molecule has 7 unspecified atom stereocenters. The zero-order chi connectivity index (χ0) is 42.8. The van der Waals surface area contributed by atoms with E-state index in [2.05, 4.69) is 41.5 Å². The highest BCUT2D eigenvalue weighted by atomic mass is 16.4. The molecule has 0 bridgehead atoms. The van der Waals surface area contributed by atoms with Gasteiger partial charge in [0.1, 0.15) is 36.0 Å². The van der Waals surface area contributed by atoms with Crippen LogP contribution in [-0.4, -0.2) is 116 Å². The summed E-state index contributed by atoms with van der Waals surface area (Å²) in [7, 11) is 0. The third kappa shape index (κ3) is 16.2. The van der Waals surface area contributed by atoms with E-state index in [0.717, 1.165) is 0 Å². The van der Waals surface area contributed by atoms with Crippen LogP contribution in [0.1, 0.15) is 64.6 Å². The van der Waals surface area contributed by atoms with Gasteiger partial charge in [0.2, 0.25) is 29.5 Å². The fourth-order valence-corrected chi connectivity index (χ4v) is 5.49. The van der Waals surface area contributed by atoms with Crippen LogP contribution < -0.4 is 43.8 Å². The zero-order valence-corrected chi connectivity index (χ0v) is 32.4. The van der Waals surface area contributed by atoms with Crippen molar-refractivity contribution in [3.8, 4) is 5.75 Å². The fraction of sp³-hybridized carbons (Fsp3) is 0.528. The third-order valence-electron chi connectivity index (χ3n) is 8.95. The number of H-pyrrole nitrogens is 1. The van der Waals surface area contributed by atoms with Crippen molar-refractivity contribution < 1.29 is 48.9 Å². The molecule has 0 aliphatic carbocycles. The number of amides is 5. The number of benzene rings is 1. The van der Waals surface area contributed by atoms with Gasteiger partial charge in [0.05, 0.1) is 18.8 Å². The van der Waals surface area contributed by atoms with Gasteiger partial charge in [-0.3, -0.25) is 33.8 Å². The predicted molar refractivity (Wildman–Crippen MR) is 206 cm³/mol. The van der Waals surface area contributed by atoms with Crippen molar-refractivity contribution in [3.63, 3.8) is 0 Å². The minimum atomic E-state index is -1.48. The number of nitrogens with one attached hydrogen (secondary N) is 6. The largest absolute Gasteiger partial charge is 0.508 e. The highest BCUT2D eigenvalue weighted by molar-refractivity contribution is 5.97. The third-order valence-corrected chi connectivity index (χ3v) is 8.95. The molecule has 5 amide bonds. The van der Waals surface area contributed by atoms with Crippen LogP contribution in [0.25, 0.3) is 0 Å². The molecule has 0 spiro atoms. The Labute approximate surface area is 329 Å². The summed E-state index contributed by atoms with van der Waals surface area (Å²) < 4.78 is 0. The van der Waals surface area contributed by atoms with Crippen molar-refractivity contribution in [2.45, 2.75) is 102 Å². The molecule has 0 aliphatic heterocycles. The molecule has 2 aromatic rings. The molecule has 7 atom stereocenters. The van der Waals surface area contributed by atoms with E-state index in [1.165, 1.54) is 36.8 Å². The average molecular weight is 802 g/mol. The number of imidazole rings is 1. The first-order chi connectivity index (χ1) is 26.8. The van der Waals surface area contributed by atoms with E-state index < -0.39 is 96.0 Å². The number of carbonyl (C=O) groups excluding carboxylic acids is 5. The number of phenols is 1. The second-order valence-corrected chi connectivity index (χ2v) is 13.9. The van der Waals surface area contributed by atoms with Crippen molar-refractivity contribution in [1.82, 2.24) is 36.6 Å². The molecule has 0 radical (unpaired) electrons. The lowest BCUT2D eigenvalue weighted by Gasteiger charge is -2.30. The quantitative estimate of drug-likeness (QED) is 0.0310. The lowest BCUT2D eigenvalue weighted by atomic mass is 9.96. The number of hydrogen-bond donors (Lipinski definition) is 12. The molecule has 2 rings (SSSR count). The Bertz CT molecular complexity index is 1700. The van der Waals surface area contributed by atoms with Gasteiger partial charge in [-0.1, -0.05) is 46.2 Å². The SMILES string of the molecule is CCC(C)C(NC(=O)C(Cc1ccc(O)cc1)NC(=O)C(NC(=O)C(CCCN=C(N)N)NC(=O)C(N)CC(=O)O)C(C)C)C(=O)NC(Cc1cnc[nH]1)C(=O)O. The Hall–Kier alpha value is -6.25. The highest BCUT2D eigenvalue weighted by Gasteiger charge is 2.35. The first-order valence-corrected chi connectivity index (χ1v) is 18.3. The number of carboxylic acid groups (broad SMARTS) is 2. The van der Waals surface area contributed by atoms with Crippen LogP contribution in [0.4, 0.5) is 0 Å². The summed E-state index contributed by atoms with van der Waals surface area (Å²) in [5.74, 6) is -8.10. The Kier molecular flexibility index (Phi) is 18.9. The van der Waals surface area contributed by atoms with E-state index in [1.807, 2.05) is 0 Å². The molecule has 1 aromatic carbocycles. The standard InChI is InChI=1S/C36H55N11O10/c1-5-19(4)29(34(55)45-26(35(56)57)14-21-16-40-17-42-21)47-32(53)25(13-20-8-10-22(48)11-9-20)44-33(54)28(18(2)3)46-31(52)24(7-6-12-41-36(38)39)43-30(51)23(37)15-27(49)50/h8-11,16-19,23-26,28-29,48H,5-7,12-15,37H2,1-4H3,(H,40,42)(H,43,51)(H,44,54)(H,45,55)(H,46,52)(H,47,53)(H,49,50)(H,56,57)(H4,38,39,41). The number of carboxylic acids is 2. The van der Waals surface area contributed by atoms with Crippen molar-refractivity contribution in [2.24, 2.45) is 34.0 Å². The van der Waals surface area contributed by atoms with Crippen LogP contribution in [0.3, 0.4) is 0 Å². The lowest BCUT2D eigenvalue weighted by molar-refractivity contribution is -0.142. The minimum absolute atomic E-state index is 0.0316. The molecule has 21 heteroatoms. The summed E-state index contributed by atoms with van der Waals surface area (Å²) in [4.78, 5) is 102. The number of rotatable bonds is 24. The van der Waals surface area contributed by atoms with Crippen LogP contribution in [0.5, 0.6) is 5.75 Å². The summed E-state index contributed by atoms with van der Waals surface area (Å²) in [5.41, 5.74) is 17.4. The van der Waals surface area contributed by atoms with E-state index in [9.17, 15) is 43.8 Å². The van der Waals surface area contributed by atoms with Gasteiger partial charge < -0.3 is 64.1 Å². The number of nitrogens with zero attached hydrogens (tertiary/aromatic N) is 2. The number of guanidine groups is 1. The van der Waals surface area contributed by atoms with E-state index in [4.69, 9.17) is 22.3 Å². The lowest BCUT2D eigenvalue weighted by Crippen LogP contribution is -2.61. The number of aromatic amines is 1. The van der Waals surface area contributed by atoms with Gasteiger partial charge in [-0.15, -0.1) is 0 Å². The number of hydrogen-bond acceptors (Lipinski definition) is 11. The Morgan fingerprint density at radius 1 is 0.789 bits per heavy atom. The van der Waals surface area contributed by atoms with Crippen molar-refractivity contribution in [3.05, 3.63) is 48.0 Å². The Morgan fingerprint density at radius 3 is 1.91 bits per heavy atom. The first-order valence-electron chi connectivity index (χ1n) is 18.3. The van der Waals surface area contributed by atoms with Gasteiger partial charge in [-0.2, -0.15) is 0 Å². The number of phenolic OH excluding ortho intramolecular Hbond substituents is 1. The summed E-state index contributed by atoms with van der Waals surface area (Å²) in [6.07, 6.45) is 2.40. The number of aliphatic imine (C=N–C) groups is 1. The topological polar surface area (TPSA) is 359 Å². The van der Waals surface area contributed by atoms with Gasteiger partial charge in [0.25, 0.3) is 0 Å². The van der Waals surface area contributed by atoms with Gasteiger partial charge >= 0.3 is 11.9 Å². The molecule has 0 fully saturated rings. The molecule has 21 nitrogen and oxygen atoms in total. The van der Waals surface area contributed by atoms with Crippen molar-refractivity contribution in [2.75, 3.05) is 6.54 Å². The van der Waals surface area contributed by atoms with Crippen LogP contribution in [0.15, 0.2) is 41.8 Å².